The molecule has 4 heteroatoms. The second kappa shape index (κ2) is 6.17. The van der Waals surface area contributed by atoms with E-state index < -0.39 is 0 Å². The van der Waals surface area contributed by atoms with Gasteiger partial charge < -0.3 is 14.8 Å². The minimum Gasteiger partial charge on any atom is -0.497 e. The van der Waals surface area contributed by atoms with Gasteiger partial charge in [0.15, 0.2) is 0 Å². The van der Waals surface area contributed by atoms with Crippen LogP contribution in [0.4, 0.5) is 0 Å². The summed E-state index contributed by atoms with van der Waals surface area (Å²) >= 11 is 1.85. The van der Waals surface area contributed by atoms with Crippen LogP contribution in [0, 0.1) is 5.92 Å². The zero-order valence-electron chi connectivity index (χ0n) is 10.4. The molecule has 1 fully saturated rings. The first-order chi connectivity index (χ1) is 8.33. The van der Waals surface area contributed by atoms with E-state index >= 15 is 0 Å². The Morgan fingerprint density at radius 2 is 2.24 bits per heavy atom. The first-order valence-electron chi connectivity index (χ1n) is 5.89. The summed E-state index contributed by atoms with van der Waals surface area (Å²) in [4.78, 5) is 1.17. The van der Waals surface area contributed by atoms with Crippen molar-refractivity contribution >= 4 is 11.8 Å². The quantitative estimate of drug-likeness (QED) is 0.816. The molecular weight excluding hydrogens is 234 g/mol. The number of benzene rings is 1. The summed E-state index contributed by atoms with van der Waals surface area (Å²) in [6, 6.07) is 5.94. The van der Waals surface area contributed by atoms with E-state index in [2.05, 4.69) is 5.32 Å². The van der Waals surface area contributed by atoms with Crippen LogP contribution in [0.1, 0.15) is 6.42 Å². The van der Waals surface area contributed by atoms with Gasteiger partial charge in [-0.05, 0) is 43.6 Å². The largest absolute Gasteiger partial charge is 0.497 e. The van der Waals surface area contributed by atoms with E-state index in [-0.39, 0.29) is 0 Å². The second-order valence-corrected chi connectivity index (χ2v) is 5.25. The topological polar surface area (TPSA) is 30.5 Å². The summed E-state index contributed by atoms with van der Waals surface area (Å²) in [5, 5.41) is 3.39. The molecule has 1 aliphatic rings. The molecule has 1 saturated heterocycles. The predicted octanol–water partition coefficient (Wildman–Crippen LogP) is 2.41. The normalized spacial score (nSPS) is 19.3. The molecule has 0 bridgehead atoms. The van der Waals surface area contributed by atoms with Gasteiger partial charge in [0, 0.05) is 5.75 Å². The molecule has 1 aliphatic heterocycles. The molecule has 17 heavy (non-hydrogen) atoms. The molecule has 0 saturated carbocycles. The van der Waals surface area contributed by atoms with Crippen LogP contribution in [0.5, 0.6) is 11.5 Å². The number of thioether (sulfide) groups is 1. The van der Waals surface area contributed by atoms with Crippen molar-refractivity contribution in [2.75, 3.05) is 33.1 Å². The Hall–Kier alpha value is -0.870. The average Bonchev–Trinajstić information content (AvgIpc) is 2.89. The molecule has 94 valence electrons. The Morgan fingerprint density at radius 1 is 1.35 bits per heavy atom. The first kappa shape index (κ1) is 12.6. The van der Waals surface area contributed by atoms with Gasteiger partial charge in [0.05, 0.1) is 19.1 Å². The van der Waals surface area contributed by atoms with Gasteiger partial charge in [-0.2, -0.15) is 0 Å². The van der Waals surface area contributed by atoms with Crippen LogP contribution in [0.25, 0.3) is 0 Å². The standard InChI is InChI=1S/C13H19NO2S/c1-15-11-3-4-12(16-2)13(7-11)17-9-10-5-6-14-8-10/h3-4,7,10,14H,5-6,8-9H2,1-2H3. The van der Waals surface area contributed by atoms with Crippen LogP contribution < -0.4 is 14.8 Å². The van der Waals surface area contributed by atoms with E-state index in [1.54, 1.807) is 14.2 Å². The molecule has 0 aliphatic carbocycles. The Balaban J connectivity index is 2.01. The monoisotopic (exact) mass is 253 g/mol. The highest BCUT2D eigenvalue weighted by Crippen LogP contribution is 2.34. The Morgan fingerprint density at radius 3 is 2.88 bits per heavy atom. The van der Waals surface area contributed by atoms with Crippen LogP contribution >= 0.6 is 11.8 Å². The maximum atomic E-state index is 5.37. The predicted molar refractivity (Wildman–Crippen MR) is 71.2 cm³/mol. The van der Waals surface area contributed by atoms with Crippen LogP contribution in [-0.4, -0.2) is 33.1 Å². The number of hydrogen-bond acceptors (Lipinski definition) is 4. The minimum absolute atomic E-state index is 0.774. The van der Waals surface area contributed by atoms with Crippen molar-refractivity contribution in [1.29, 1.82) is 0 Å². The fourth-order valence-electron chi connectivity index (χ4n) is 1.96. The van der Waals surface area contributed by atoms with Crippen LogP contribution in [0.2, 0.25) is 0 Å². The lowest BCUT2D eigenvalue weighted by molar-refractivity contribution is 0.394. The molecule has 0 amide bonds. The molecule has 0 spiro atoms. The fourth-order valence-corrected chi connectivity index (χ4v) is 3.15. The molecular formula is C13H19NO2S. The lowest BCUT2D eigenvalue weighted by atomic mass is 10.2. The smallest absolute Gasteiger partial charge is 0.132 e. The molecule has 1 N–H and O–H groups in total. The van der Waals surface area contributed by atoms with Crippen LogP contribution in [0.3, 0.4) is 0 Å². The number of ether oxygens (including phenoxy) is 2. The fraction of sp³-hybridized carbons (Fsp3) is 0.538. The highest BCUT2D eigenvalue weighted by molar-refractivity contribution is 7.99. The van der Waals surface area contributed by atoms with E-state index in [0.717, 1.165) is 36.3 Å². The maximum absolute atomic E-state index is 5.37. The summed E-state index contributed by atoms with van der Waals surface area (Å²) < 4.78 is 10.6. The molecule has 0 aromatic heterocycles. The van der Waals surface area contributed by atoms with Gasteiger partial charge in [-0.15, -0.1) is 11.8 Å². The average molecular weight is 253 g/mol. The van der Waals surface area contributed by atoms with Crippen LogP contribution in [0.15, 0.2) is 23.1 Å². The van der Waals surface area contributed by atoms with Gasteiger partial charge in [0.25, 0.3) is 0 Å². The minimum atomic E-state index is 0.774. The van der Waals surface area contributed by atoms with E-state index in [0.29, 0.717) is 0 Å². The first-order valence-corrected chi connectivity index (χ1v) is 6.87. The van der Waals surface area contributed by atoms with Crippen molar-refractivity contribution < 1.29 is 9.47 Å². The number of hydrogen-bond donors (Lipinski definition) is 1. The molecule has 1 aromatic rings. The summed E-state index contributed by atoms with van der Waals surface area (Å²) in [5.74, 6) is 3.73. The van der Waals surface area contributed by atoms with Gasteiger partial charge in [-0.1, -0.05) is 0 Å². The van der Waals surface area contributed by atoms with Crippen molar-refractivity contribution in [3.8, 4) is 11.5 Å². The van der Waals surface area contributed by atoms with Gasteiger partial charge in [-0.3, -0.25) is 0 Å². The molecule has 1 heterocycles. The second-order valence-electron chi connectivity index (χ2n) is 4.19. The zero-order valence-corrected chi connectivity index (χ0v) is 11.2. The molecule has 3 nitrogen and oxygen atoms in total. The molecule has 0 radical (unpaired) electrons. The van der Waals surface area contributed by atoms with Crippen LogP contribution in [-0.2, 0) is 0 Å². The van der Waals surface area contributed by atoms with E-state index in [1.807, 2.05) is 30.0 Å². The van der Waals surface area contributed by atoms with Gasteiger partial charge in [-0.25, -0.2) is 0 Å². The summed E-state index contributed by atoms with van der Waals surface area (Å²) in [6.07, 6.45) is 1.28. The number of rotatable bonds is 5. The highest BCUT2D eigenvalue weighted by Gasteiger charge is 2.15. The SMILES string of the molecule is COc1ccc(OC)c(SCC2CCNC2)c1. The zero-order chi connectivity index (χ0) is 12.1. The molecule has 1 atom stereocenters. The van der Waals surface area contributed by atoms with Gasteiger partial charge >= 0.3 is 0 Å². The van der Waals surface area contributed by atoms with Gasteiger partial charge in [0.1, 0.15) is 11.5 Å². The van der Waals surface area contributed by atoms with Crippen molar-refractivity contribution in [2.45, 2.75) is 11.3 Å². The lowest BCUT2D eigenvalue weighted by Gasteiger charge is -2.12. The maximum Gasteiger partial charge on any atom is 0.132 e. The lowest BCUT2D eigenvalue weighted by Crippen LogP contribution is -2.10. The summed E-state index contributed by atoms with van der Waals surface area (Å²) in [7, 11) is 3.40. The van der Waals surface area contributed by atoms with Crippen molar-refractivity contribution in [3.63, 3.8) is 0 Å². The van der Waals surface area contributed by atoms with Crippen molar-refractivity contribution in [1.82, 2.24) is 5.32 Å². The third-order valence-electron chi connectivity index (χ3n) is 3.01. The Labute approximate surface area is 107 Å². The number of nitrogens with one attached hydrogen (secondary N) is 1. The van der Waals surface area contributed by atoms with E-state index in [9.17, 15) is 0 Å². The molecule has 1 aromatic carbocycles. The third kappa shape index (κ3) is 3.30. The molecule has 1 unspecified atom stereocenters. The third-order valence-corrected chi connectivity index (χ3v) is 4.28. The van der Waals surface area contributed by atoms with E-state index in [4.69, 9.17) is 9.47 Å². The highest BCUT2D eigenvalue weighted by atomic mass is 32.2. The molecule has 2 rings (SSSR count). The van der Waals surface area contributed by atoms with Crippen molar-refractivity contribution in [2.24, 2.45) is 5.92 Å². The Kier molecular flexibility index (Phi) is 4.57. The Bertz CT molecular complexity index is 364. The summed E-state index contributed by atoms with van der Waals surface area (Å²) in [6.45, 7) is 2.29. The van der Waals surface area contributed by atoms with E-state index in [1.165, 1.54) is 11.3 Å². The summed E-state index contributed by atoms with van der Waals surface area (Å²) in [5.41, 5.74) is 0. The van der Waals surface area contributed by atoms with Crippen molar-refractivity contribution in [3.05, 3.63) is 18.2 Å². The number of methoxy groups -OCH3 is 2. The van der Waals surface area contributed by atoms with Gasteiger partial charge in [0.2, 0.25) is 0 Å².